The minimum absolute atomic E-state index is 0.00165. The lowest BCUT2D eigenvalue weighted by Gasteiger charge is -2.14. The molecule has 3 aromatic rings. The molecule has 1 aromatic heterocycles. The van der Waals surface area contributed by atoms with E-state index in [0.717, 1.165) is 11.0 Å². The van der Waals surface area contributed by atoms with Crippen LogP contribution in [0.2, 0.25) is 0 Å². The van der Waals surface area contributed by atoms with Crippen LogP contribution in [0.3, 0.4) is 0 Å². The predicted molar refractivity (Wildman–Crippen MR) is 92.6 cm³/mol. The fraction of sp³-hybridized carbons (Fsp3) is 0.176. The smallest absolute Gasteiger partial charge is 0.239 e. The summed E-state index contributed by atoms with van der Waals surface area (Å²) in [7, 11) is 0. The Labute approximate surface area is 133 Å². The summed E-state index contributed by atoms with van der Waals surface area (Å²) < 4.78 is 1.89. The summed E-state index contributed by atoms with van der Waals surface area (Å²) in [6.07, 6.45) is 0. The van der Waals surface area contributed by atoms with E-state index >= 15 is 0 Å². The first-order valence-electron chi connectivity index (χ1n) is 7.10. The van der Waals surface area contributed by atoms with Crippen LogP contribution in [0.5, 0.6) is 0 Å². The van der Waals surface area contributed by atoms with E-state index in [1.54, 1.807) is 12.1 Å². The molecule has 0 aliphatic heterocycles. The molecule has 0 radical (unpaired) electrons. The second kappa shape index (κ2) is 6.23. The fourth-order valence-corrected chi connectivity index (χ4v) is 2.75. The number of amides is 1. The fourth-order valence-electron chi connectivity index (χ4n) is 2.64. The van der Waals surface area contributed by atoms with Gasteiger partial charge in [0.25, 0.3) is 0 Å². The molecule has 0 atom stereocenters. The molecule has 0 fully saturated rings. The number of nitrogens with one attached hydrogen (secondary N) is 1. The maximum Gasteiger partial charge on any atom is 0.239 e. The van der Waals surface area contributed by atoms with Crippen molar-refractivity contribution >= 4 is 40.3 Å². The third-order valence-electron chi connectivity index (χ3n) is 3.61. The van der Waals surface area contributed by atoms with Crippen LogP contribution in [0, 0.1) is 0 Å². The number of benzene rings is 2. The number of hydrogen-bond donors (Lipinski definition) is 2. The maximum absolute atomic E-state index is 12.6. The van der Waals surface area contributed by atoms with Gasteiger partial charge in [-0.15, -0.1) is 0 Å². The van der Waals surface area contributed by atoms with Crippen LogP contribution in [0.4, 0.5) is 0 Å². The molecule has 0 aliphatic carbocycles. The van der Waals surface area contributed by atoms with Gasteiger partial charge in [-0.1, -0.05) is 24.3 Å². The summed E-state index contributed by atoms with van der Waals surface area (Å²) in [5, 5.41) is 4.07. The maximum atomic E-state index is 12.6. The molecule has 4 nitrogen and oxygen atoms in total. The molecule has 0 aliphatic rings. The first-order valence-corrected chi connectivity index (χ1v) is 7.73. The van der Waals surface area contributed by atoms with E-state index in [0.29, 0.717) is 23.1 Å². The van der Waals surface area contributed by atoms with Gasteiger partial charge < -0.3 is 9.88 Å². The standard InChI is InChI=1S/C17H16N2O2S/c20-16(18-9-10-22)11-19-14-7-3-1-5-12(14)17(21)13-6-2-4-8-15(13)19/h1-8,22H,9-11H2,(H,18,20). The van der Waals surface area contributed by atoms with Crippen LogP contribution in [0.15, 0.2) is 53.3 Å². The minimum atomic E-state index is -0.0898. The summed E-state index contributed by atoms with van der Waals surface area (Å²) in [6, 6.07) is 14.8. The third kappa shape index (κ3) is 2.60. The lowest BCUT2D eigenvalue weighted by Crippen LogP contribution is -2.30. The zero-order valence-electron chi connectivity index (χ0n) is 12.0. The van der Waals surface area contributed by atoms with Crippen LogP contribution < -0.4 is 10.7 Å². The number of nitrogens with zero attached hydrogens (tertiary/aromatic N) is 1. The molecule has 1 N–H and O–H groups in total. The monoisotopic (exact) mass is 312 g/mol. The Balaban J connectivity index is 2.23. The molecule has 1 amide bonds. The van der Waals surface area contributed by atoms with Gasteiger partial charge in [0.2, 0.25) is 5.91 Å². The number of para-hydroxylation sites is 2. The van der Waals surface area contributed by atoms with Crippen LogP contribution >= 0.6 is 12.6 Å². The molecule has 0 saturated carbocycles. The summed E-state index contributed by atoms with van der Waals surface area (Å²) in [5.41, 5.74) is 1.54. The van der Waals surface area contributed by atoms with E-state index in [1.807, 2.05) is 41.0 Å². The largest absolute Gasteiger partial charge is 0.354 e. The highest BCUT2D eigenvalue weighted by Crippen LogP contribution is 2.18. The first kappa shape index (κ1) is 14.7. The van der Waals surface area contributed by atoms with Gasteiger partial charge in [-0.2, -0.15) is 12.6 Å². The highest BCUT2D eigenvalue weighted by molar-refractivity contribution is 7.80. The number of carbonyl (C=O) groups excluding carboxylic acids is 1. The van der Waals surface area contributed by atoms with Crippen molar-refractivity contribution in [3.63, 3.8) is 0 Å². The molecule has 0 spiro atoms. The van der Waals surface area contributed by atoms with Gasteiger partial charge in [0.1, 0.15) is 6.54 Å². The Morgan fingerprint density at radius 3 is 2.09 bits per heavy atom. The van der Waals surface area contributed by atoms with Gasteiger partial charge in [0.15, 0.2) is 5.43 Å². The van der Waals surface area contributed by atoms with Crippen molar-refractivity contribution in [1.82, 2.24) is 9.88 Å². The molecule has 0 bridgehead atoms. The number of hydrogen-bond acceptors (Lipinski definition) is 3. The summed E-state index contributed by atoms with van der Waals surface area (Å²) in [6.45, 7) is 0.701. The Hall–Kier alpha value is -2.27. The van der Waals surface area contributed by atoms with Crippen LogP contribution in [-0.2, 0) is 11.3 Å². The molecule has 5 heteroatoms. The van der Waals surface area contributed by atoms with E-state index in [4.69, 9.17) is 0 Å². The average molecular weight is 312 g/mol. The highest BCUT2D eigenvalue weighted by atomic mass is 32.1. The molecular weight excluding hydrogens is 296 g/mol. The Bertz CT molecular complexity index is 842. The Morgan fingerprint density at radius 2 is 1.55 bits per heavy atom. The van der Waals surface area contributed by atoms with E-state index in [2.05, 4.69) is 17.9 Å². The zero-order valence-corrected chi connectivity index (χ0v) is 12.8. The van der Waals surface area contributed by atoms with Gasteiger partial charge in [0, 0.05) is 23.1 Å². The van der Waals surface area contributed by atoms with Gasteiger partial charge in [-0.3, -0.25) is 9.59 Å². The highest BCUT2D eigenvalue weighted by Gasteiger charge is 2.12. The number of thiol groups is 1. The predicted octanol–water partition coefficient (Wildman–Crippen LogP) is 2.20. The Kier molecular flexibility index (Phi) is 4.15. The molecule has 2 aromatic carbocycles. The summed E-state index contributed by atoms with van der Waals surface area (Å²) >= 11 is 4.09. The topological polar surface area (TPSA) is 51.1 Å². The SMILES string of the molecule is O=C(Cn1c2ccccc2c(=O)c2ccccc21)NCCS. The van der Waals surface area contributed by atoms with E-state index in [1.165, 1.54) is 0 Å². The average Bonchev–Trinajstić information content (AvgIpc) is 2.57. The van der Waals surface area contributed by atoms with Crippen molar-refractivity contribution < 1.29 is 4.79 Å². The van der Waals surface area contributed by atoms with Crippen molar-refractivity contribution in [2.24, 2.45) is 0 Å². The van der Waals surface area contributed by atoms with Crippen LogP contribution in [-0.4, -0.2) is 22.8 Å². The summed E-state index contributed by atoms with van der Waals surface area (Å²) in [5.74, 6) is 0.505. The number of carbonyl (C=O) groups is 1. The van der Waals surface area contributed by atoms with E-state index < -0.39 is 0 Å². The number of rotatable bonds is 4. The zero-order chi connectivity index (χ0) is 15.5. The quantitative estimate of drug-likeness (QED) is 0.573. The van der Waals surface area contributed by atoms with Crippen molar-refractivity contribution in [2.75, 3.05) is 12.3 Å². The molecule has 0 saturated heterocycles. The van der Waals surface area contributed by atoms with Gasteiger partial charge in [0.05, 0.1) is 11.0 Å². The Morgan fingerprint density at radius 1 is 1.00 bits per heavy atom. The van der Waals surface area contributed by atoms with Gasteiger partial charge in [-0.25, -0.2) is 0 Å². The second-order valence-electron chi connectivity index (χ2n) is 5.02. The number of fused-ring (bicyclic) bond motifs is 2. The molecular formula is C17H16N2O2S. The van der Waals surface area contributed by atoms with Gasteiger partial charge in [-0.05, 0) is 24.3 Å². The molecule has 3 rings (SSSR count). The van der Waals surface area contributed by atoms with Gasteiger partial charge >= 0.3 is 0 Å². The molecule has 0 unspecified atom stereocenters. The van der Waals surface area contributed by atoms with Crippen LogP contribution in [0.1, 0.15) is 0 Å². The second-order valence-corrected chi connectivity index (χ2v) is 5.47. The van der Waals surface area contributed by atoms with Crippen LogP contribution in [0.25, 0.3) is 21.8 Å². The van der Waals surface area contributed by atoms with Crippen molar-refractivity contribution in [3.8, 4) is 0 Å². The molecule has 1 heterocycles. The molecule has 112 valence electrons. The lowest BCUT2D eigenvalue weighted by molar-refractivity contribution is -0.121. The first-order chi connectivity index (χ1) is 10.7. The van der Waals surface area contributed by atoms with Crippen molar-refractivity contribution in [1.29, 1.82) is 0 Å². The molecule has 22 heavy (non-hydrogen) atoms. The third-order valence-corrected chi connectivity index (χ3v) is 3.84. The number of aromatic nitrogens is 1. The van der Waals surface area contributed by atoms with Crippen molar-refractivity contribution in [2.45, 2.75) is 6.54 Å². The normalized spacial score (nSPS) is 11.0. The van der Waals surface area contributed by atoms with E-state index in [9.17, 15) is 9.59 Å². The number of pyridine rings is 1. The minimum Gasteiger partial charge on any atom is -0.354 e. The lowest BCUT2D eigenvalue weighted by atomic mass is 10.1. The van der Waals surface area contributed by atoms with E-state index in [-0.39, 0.29) is 17.9 Å². The summed E-state index contributed by atoms with van der Waals surface area (Å²) in [4.78, 5) is 24.7. The van der Waals surface area contributed by atoms with Crippen molar-refractivity contribution in [3.05, 3.63) is 58.8 Å².